The van der Waals surface area contributed by atoms with E-state index in [1.54, 1.807) is 0 Å². The van der Waals surface area contributed by atoms with Crippen LogP contribution in [0.5, 0.6) is 0 Å². The van der Waals surface area contributed by atoms with E-state index in [9.17, 15) is 0 Å². The molecule has 1 saturated carbocycles. The van der Waals surface area contributed by atoms with Crippen molar-refractivity contribution in [1.82, 2.24) is 10.2 Å². The molecule has 2 fully saturated rings. The van der Waals surface area contributed by atoms with Crippen LogP contribution < -0.4 is 5.32 Å². The molecule has 0 bridgehead atoms. The standard InChI is InChI=1S/C10H20N2O/c13-6-5-12-4-3-9(8-12)7-11-10-1-2-10/h9-11,13H,1-8H2. The van der Waals surface area contributed by atoms with Gasteiger partial charge < -0.3 is 15.3 Å². The summed E-state index contributed by atoms with van der Waals surface area (Å²) in [4.78, 5) is 2.36. The Morgan fingerprint density at radius 1 is 1.31 bits per heavy atom. The summed E-state index contributed by atoms with van der Waals surface area (Å²) in [6.07, 6.45) is 4.07. The third kappa shape index (κ3) is 2.93. The predicted molar refractivity (Wildman–Crippen MR) is 52.7 cm³/mol. The maximum absolute atomic E-state index is 8.78. The van der Waals surface area contributed by atoms with Gasteiger partial charge >= 0.3 is 0 Å². The van der Waals surface area contributed by atoms with Crippen molar-refractivity contribution in [2.24, 2.45) is 5.92 Å². The molecule has 1 aliphatic carbocycles. The maximum atomic E-state index is 8.78. The summed E-state index contributed by atoms with van der Waals surface area (Å²) < 4.78 is 0. The van der Waals surface area contributed by atoms with Gasteiger partial charge in [-0.15, -0.1) is 0 Å². The van der Waals surface area contributed by atoms with Crippen molar-refractivity contribution in [3.63, 3.8) is 0 Å². The Morgan fingerprint density at radius 3 is 2.85 bits per heavy atom. The summed E-state index contributed by atoms with van der Waals surface area (Å²) in [5, 5.41) is 12.4. The van der Waals surface area contributed by atoms with Crippen molar-refractivity contribution in [1.29, 1.82) is 0 Å². The van der Waals surface area contributed by atoms with E-state index in [4.69, 9.17) is 5.11 Å². The Labute approximate surface area is 80.1 Å². The molecule has 76 valence electrons. The second-order valence-corrected chi connectivity index (χ2v) is 4.36. The minimum Gasteiger partial charge on any atom is -0.395 e. The van der Waals surface area contributed by atoms with Crippen molar-refractivity contribution in [2.75, 3.05) is 32.8 Å². The quantitative estimate of drug-likeness (QED) is 0.634. The van der Waals surface area contributed by atoms with Gasteiger partial charge in [0.15, 0.2) is 0 Å². The minimum absolute atomic E-state index is 0.308. The molecule has 0 spiro atoms. The van der Waals surface area contributed by atoms with Crippen LogP contribution in [0.4, 0.5) is 0 Å². The van der Waals surface area contributed by atoms with Crippen LogP contribution in [-0.2, 0) is 0 Å². The molecule has 13 heavy (non-hydrogen) atoms. The number of aliphatic hydroxyl groups excluding tert-OH is 1. The van der Waals surface area contributed by atoms with Gasteiger partial charge in [0.1, 0.15) is 0 Å². The highest BCUT2D eigenvalue weighted by atomic mass is 16.3. The Balaban J connectivity index is 1.59. The zero-order valence-electron chi connectivity index (χ0n) is 8.21. The highest BCUT2D eigenvalue weighted by molar-refractivity contribution is 4.84. The summed E-state index contributed by atoms with van der Waals surface area (Å²) >= 11 is 0. The number of hydrogen-bond acceptors (Lipinski definition) is 3. The molecule has 2 aliphatic rings. The van der Waals surface area contributed by atoms with E-state index in [-0.39, 0.29) is 0 Å². The van der Waals surface area contributed by atoms with Crippen LogP contribution in [0, 0.1) is 5.92 Å². The normalized spacial score (nSPS) is 29.8. The minimum atomic E-state index is 0.308. The molecule has 2 N–H and O–H groups in total. The predicted octanol–water partition coefficient (Wildman–Crippen LogP) is 0.0526. The molecule has 0 aromatic carbocycles. The van der Waals surface area contributed by atoms with Gasteiger partial charge in [0.05, 0.1) is 6.61 Å². The van der Waals surface area contributed by atoms with E-state index in [1.807, 2.05) is 0 Å². The Hall–Kier alpha value is -0.120. The van der Waals surface area contributed by atoms with Crippen molar-refractivity contribution >= 4 is 0 Å². The second kappa shape index (κ2) is 4.40. The summed E-state index contributed by atoms with van der Waals surface area (Å²) in [6.45, 7) is 4.72. The number of rotatable bonds is 5. The highest BCUT2D eigenvalue weighted by Crippen LogP contribution is 2.21. The van der Waals surface area contributed by atoms with E-state index in [0.717, 1.165) is 18.5 Å². The van der Waals surface area contributed by atoms with Gasteiger partial charge in [-0.1, -0.05) is 0 Å². The highest BCUT2D eigenvalue weighted by Gasteiger charge is 2.25. The molecule has 1 heterocycles. The third-order valence-corrected chi connectivity index (χ3v) is 3.06. The Bertz CT molecular complexity index is 159. The van der Waals surface area contributed by atoms with Crippen molar-refractivity contribution in [3.8, 4) is 0 Å². The number of β-amino-alcohol motifs (C(OH)–C–C–N with tert-alkyl or cyclic N) is 1. The summed E-state index contributed by atoms with van der Waals surface area (Å²) in [5.41, 5.74) is 0. The zero-order valence-corrected chi connectivity index (χ0v) is 8.21. The molecular formula is C10H20N2O. The number of nitrogens with one attached hydrogen (secondary N) is 1. The summed E-state index contributed by atoms with van der Waals surface area (Å²) in [5.74, 6) is 0.826. The summed E-state index contributed by atoms with van der Waals surface area (Å²) in [7, 11) is 0. The van der Waals surface area contributed by atoms with E-state index >= 15 is 0 Å². The fourth-order valence-corrected chi connectivity index (χ4v) is 2.04. The molecule has 2 rings (SSSR count). The molecule has 1 unspecified atom stereocenters. The van der Waals surface area contributed by atoms with Gasteiger partial charge in [-0.25, -0.2) is 0 Å². The fraction of sp³-hybridized carbons (Fsp3) is 1.00. The molecule has 0 aromatic heterocycles. The van der Waals surface area contributed by atoms with Gasteiger partial charge in [-0.2, -0.15) is 0 Å². The first-order chi connectivity index (χ1) is 6.38. The SMILES string of the molecule is OCCN1CCC(CNC2CC2)C1. The van der Waals surface area contributed by atoms with Crippen molar-refractivity contribution in [3.05, 3.63) is 0 Å². The van der Waals surface area contributed by atoms with Gasteiger partial charge in [-0.3, -0.25) is 0 Å². The first kappa shape index (κ1) is 9.44. The largest absolute Gasteiger partial charge is 0.395 e. The molecule has 0 aromatic rings. The molecule has 1 aliphatic heterocycles. The maximum Gasteiger partial charge on any atom is 0.0558 e. The lowest BCUT2D eigenvalue weighted by molar-refractivity contribution is 0.217. The van der Waals surface area contributed by atoms with Gasteiger partial charge in [0.25, 0.3) is 0 Å². The van der Waals surface area contributed by atoms with Crippen LogP contribution in [0.1, 0.15) is 19.3 Å². The molecule has 1 saturated heterocycles. The van der Waals surface area contributed by atoms with Gasteiger partial charge in [0, 0.05) is 19.1 Å². The number of nitrogens with zero attached hydrogens (tertiary/aromatic N) is 1. The lowest BCUT2D eigenvalue weighted by Gasteiger charge is -2.14. The van der Waals surface area contributed by atoms with Crippen molar-refractivity contribution < 1.29 is 5.11 Å². The van der Waals surface area contributed by atoms with Crippen LogP contribution in [0.25, 0.3) is 0 Å². The number of aliphatic hydroxyl groups is 1. The average molecular weight is 184 g/mol. The topological polar surface area (TPSA) is 35.5 Å². The smallest absolute Gasteiger partial charge is 0.0558 e. The van der Waals surface area contributed by atoms with Gasteiger partial charge in [-0.05, 0) is 38.3 Å². The Kier molecular flexibility index (Phi) is 3.19. The molecule has 1 atom stereocenters. The van der Waals surface area contributed by atoms with E-state index in [2.05, 4.69) is 10.2 Å². The Morgan fingerprint density at radius 2 is 2.15 bits per heavy atom. The molecular weight excluding hydrogens is 164 g/mol. The summed E-state index contributed by atoms with van der Waals surface area (Å²) in [6, 6.07) is 0.840. The van der Waals surface area contributed by atoms with Crippen molar-refractivity contribution in [2.45, 2.75) is 25.3 Å². The monoisotopic (exact) mass is 184 g/mol. The van der Waals surface area contributed by atoms with Crippen LogP contribution in [0.3, 0.4) is 0 Å². The fourth-order valence-electron chi connectivity index (χ4n) is 2.04. The average Bonchev–Trinajstić information content (AvgIpc) is 2.85. The number of hydrogen-bond donors (Lipinski definition) is 2. The molecule has 0 radical (unpaired) electrons. The van der Waals surface area contributed by atoms with Crippen LogP contribution >= 0.6 is 0 Å². The van der Waals surface area contributed by atoms with Gasteiger partial charge in [0.2, 0.25) is 0 Å². The molecule has 0 amide bonds. The van der Waals surface area contributed by atoms with Crippen LogP contribution in [-0.4, -0.2) is 48.8 Å². The van der Waals surface area contributed by atoms with Crippen LogP contribution in [0.15, 0.2) is 0 Å². The first-order valence-corrected chi connectivity index (χ1v) is 5.45. The molecule has 3 heteroatoms. The second-order valence-electron chi connectivity index (χ2n) is 4.36. The van der Waals surface area contributed by atoms with E-state index in [0.29, 0.717) is 6.61 Å². The van der Waals surface area contributed by atoms with Crippen LogP contribution in [0.2, 0.25) is 0 Å². The van der Waals surface area contributed by atoms with E-state index < -0.39 is 0 Å². The molecule has 3 nitrogen and oxygen atoms in total. The third-order valence-electron chi connectivity index (χ3n) is 3.06. The lowest BCUT2D eigenvalue weighted by Crippen LogP contribution is -2.28. The first-order valence-electron chi connectivity index (χ1n) is 5.45. The number of likely N-dealkylation sites (tertiary alicyclic amines) is 1. The lowest BCUT2D eigenvalue weighted by atomic mass is 10.1. The van der Waals surface area contributed by atoms with E-state index in [1.165, 1.54) is 38.9 Å². The zero-order chi connectivity index (χ0) is 9.10.